The molecule has 2 aliphatic rings. The Morgan fingerprint density at radius 1 is 1.35 bits per heavy atom. The van der Waals surface area contributed by atoms with E-state index >= 15 is 0 Å². The average molecular weight is 311 g/mol. The molecule has 1 aliphatic heterocycles. The van der Waals surface area contributed by atoms with Crippen LogP contribution in [0.15, 0.2) is 29.2 Å². The zero-order valence-electron chi connectivity index (χ0n) is 13.3. The minimum absolute atomic E-state index is 0.122. The first-order valence-corrected chi connectivity index (χ1v) is 8.40. The van der Waals surface area contributed by atoms with E-state index in [-0.39, 0.29) is 11.5 Å². The highest BCUT2D eigenvalue weighted by atomic mass is 16.2. The van der Waals surface area contributed by atoms with Crippen LogP contribution in [0.2, 0.25) is 0 Å². The summed E-state index contributed by atoms with van der Waals surface area (Å²) < 4.78 is 0. The van der Waals surface area contributed by atoms with Crippen molar-refractivity contribution in [2.75, 3.05) is 13.1 Å². The van der Waals surface area contributed by atoms with Crippen LogP contribution in [-0.4, -0.2) is 33.9 Å². The third-order valence-corrected chi connectivity index (χ3v) is 5.30. The summed E-state index contributed by atoms with van der Waals surface area (Å²) in [7, 11) is 0. The molecule has 1 N–H and O–H groups in total. The van der Waals surface area contributed by atoms with Gasteiger partial charge in [-0.2, -0.15) is 0 Å². The van der Waals surface area contributed by atoms with Crippen molar-refractivity contribution in [2.24, 2.45) is 11.8 Å². The minimum atomic E-state index is -0.122. The van der Waals surface area contributed by atoms with Crippen LogP contribution >= 0.6 is 0 Å². The lowest BCUT2D eigenvalue weighted by atomic mass is 9.92. The number of nitrogens with one attached hydrogen (secondary N) is 1. The second-order valence-corrected chi connectivity index (χ2v) is 6.91. The number of hydrogen-bond donors (Lipinski definition) is 1. The molecule has 1 saturated carbocycles. The van der Waals surface area contributed by atoms with Crippen molar-refractivity contribution >= 4 is 16.8 Å². The van der Waals surface area contributed by atoms with Gasteiger partial charge in [-0.3, -0.25) is 14.6 Å². The Morgan fingerprint density at radius 2 is 2.09 bits per heavy atom. The summed E-state index contributed by atoms with van der Waals surface area (Å²) in [6.45, 7) is 3.73. The number of aromatic nitrogens is 2. The highest BCUT2D eigenvalue weighted by molar-refractivity contribution is 5.81. The van der Waals surface area contributed by atoms with Gasteiger partial charge >= 0.3 is 0 Å². The van der Waals surface area contributed by atoms with E-state index in [1.165, 1.54) is 0 Å². The lowest BCUT2D eigenvalue weighted by Crippen LogP contribution is -2.39. The molecule has 2 fully saturated rings. The molecule has 0 radical (unpaired) electrons. The van der Waals surface area contributed by atoms with Crippen molar-refractivity contribution in [1.82, 2.24) is 14.9 Å². The van der Waals surface area contributed by atoms with Crippen molar-refractivity contribution in [3.63, 3.8) is 0 Å². The lowest BCUT2D eigenvalue weighted by molar-refractivity contribution is -0.133. The van der Waals surface area contributed by atoms with Gasteiger partial charge < -0.3 is 9.88 Å². The molecular formula is C18H21N3O2. The molecule has 2 atom stereocenters. The van der Waals surface area contributed by atoms with Crippen molar-refractivity contribution in [1.29, 1.82) is 0 Å². The third-order valence-electron chi connectivity index (χ3n) is 5.30. The number of H-pyrrole nitrogens is 1. The molecular weight excluding hydrogens is 290 g/mol. The van der Waals surface area contributed by atoms with E-state index in [9.17, 15) is 9.59 Å². The summed E-state index contributed by atoms with van der Waals surface area (Å²) >= 11 is 0. The molecule has 2 aromatic heterocycles. The summed E-state index contributed by atoms with van der Waals surface area (Å²) in [4.78, 5) is 33.6. The summed E-state index contributed by atoms with van der Waals surface area (Å²) in [5.41, 5.74) is 1.34. The lowest BCUT2D eigenvalue weighted by Gasteiger charge is -2.32. The Bertz CT molecular complexity index is 805. The van der Waals surface area contributed by atoms with Gasteiger partial charge in [0, 0.05) is 42.2 Å². The van der Waals surface area contributed by atoms with Gasteiger partial charge in [-0.1, -0.05) is 13.0 Å². The first-order valence-electron chi connectivity index (χ1n) is 8.40. The molecule has 0 aromatic carbocycles. The third kappa shape index (κ3) is 2.64. The number of hydrogen-bond acceptors (Lipinski definition) is 3. The number of likely N-dealkylation sites (tertiary alicyclic amines) is 1. The van der Waals surface area contributed by atoms with Gasteiger partial charge in [0.25, 0.3) is 5.56 Å². The average Bonchev–Trinajstić information content (AvgIpc) is 3.31. The van der Waals surface area contributed by atoms with Crippen LogP contribution in [-0.2, 0) is 4.79 Å². The van der Waals surface area contributed by atoms with Crippen molar-refractivity contribution in [2.45, 2.75) is 32.1 Å². The maximum atomic E-state index is 12.3. The van der Waals surface area contributed by atoms with Gasteiger partial charge in [-0.15, -0.1) is 0 Å². The second-order valence-electron chi connectivity index (χ2n) is 6.91. The standard InChI is InChI=1S/C18H21N3O2/c1-11-9-14(11)18(23)21-7-4-12(5-8-21)15-10-13-3-2-6-19-16(13)17(22)20-15/h2-3,6,10-12,14H,4-5,7-9H2,1H3,(H,20,22)/t11-,14-/m0/s1. The number of carbonyl (C=O) groups excluding carboxylic acids is 1. The Labute approximate surface area is 134 Å². The minimum Gasteiger partial charge on any atom is -0.342 e. The van der Waals surface area contributed by atoms with Crippen LogP contribution in [0.3, 0.4) is 0 Å². The normalized spacial score (nSPS) is 24.8. The van der Waals surface area contributed by atoms with Crippen LogP contribution in [0.25, 0.3) is 10.9 Å². The van der Waals surface area contributed by atoms with Crippen LogP contribution in [0, 0.1) is 11.8 Å². The van der Waals surface area contributed by atoms with Crippen LogP contribution in [0.1, 0.15) is 37.8 Å². The highest BCUT2D eigenvalue weighted by Crippen LogP contribution is 2.40. The topological polar surface area (TPSA) is 66.1 Å². The molecule has 1 saturated heterocycles. The Hall–Kier alpha value is -2.17. The molecule has 120 valence electrons. The maximum Gasteiger partial charge on any atom is 0.274 e. The van der Waals surface area contributed by atoms with E-state index in [0.29, 0.717) is 23.3 Å². The van der Waals surface area contributed by atoms with Crippen LogP contribution in [0.5, 0.6) is 0 Å². The zero-order valence-corrected chi connectivity index (χ0v) is 13.3. The van der Waals surface area contributed by atoms with Crippen molar-refractivity contribution in [3.05, 3.63) is 40.4 Å². The first kappa shape index (κ1) is 14.4. The van der Waals surface area contributed by atoms with Crippen molar-refractivity contribution in [3.8, 4) is 0 Å². The van der Waals surface area contributed by atoms with Gasteiger partial charge in [-0.05, 0) is 37.3 Å². The number of amides is 1. The van der Waals surface area contributed by atoms with Crippen molar-refractivity contribution < 1.29 is 4.79 Å². The first-order chi connectivity index (χ1) is 11.1. The molecule has 5 heteroatoms. The highest BCUT2D eigenvalue weighted by Gasteiger charge is 2.42. The molecule has 1 amide bonds. The maximum absolute atomic E-state index is 12.3. The van der Waals surface area contributed by atoms with Gasteiger partial charge in [0.05, 0.1) is 0 Å². The largest absolute Gasteiger partial charge is 0.342 e. The molecule has 0 spiro atoms. The Morgan fingerprint density at radius 3 is 2.78 bits per heavy atom. The zero-order chi connectivity index (χ0) is 16.0. The molecule has 4 rings (SSSR count). The quantitative estimate of drug-likeness (QED) is 0.925. The van der Waals surface area contributed by atoms with Crippen LogP contribution < -0.4 is 5.56 Å². The predicted molar refractivity (Wildman–Crippen MR) is 88.2 cm³/mol. The van der Waals surface area contributed by atoms with Gasteiger partial charge in [0.2, 0.25) is 5.91 Å². The number of aromatic amines is 1. The molecule has 3 heterocycles. The van der Waals surface area contributed by atoms with E-state index in [2.05, 4.69) is 16.9 Å². The van der Waals surface area contributed by atoms with Gasteiger partial charge in [0.15, 0.2) is 0 Å². The van der Waals surface area contributed by atoms with Crippen LogP contribution in [0.4, 0.5) is 0 Å². The Balaban J connectivity index is 1.50. The van der Waals surface area contributed by atoms with E-state index in [4.69, 9.17) is 0 Å². The Kier molecular flexibility index (Phi) is 3.43. The summed E-state index contributed by atoms with van der Waals surface area (Å²) in [5, 5.41) is 0.886. The summed E-state index contributed by atoms with van der Waals surface area (Å²) in [6.07, 6.45) is 4.51. The fourth-order valence-electron chi connectivity index (χ4n) is 3.65. The molecule has 2 aromatic rings. The fourth-order valence-corrected chi connectivity index (χ4v) is 3.65. The molecule has 0 unspecified atom stereocenters. The molecule has 0 bridgehead atoms. The summed E-state index contributed by atoms with van der Waals surface area (Å²) in [5.74, 6) is 1.46. The SMILES string of the molecule is C[C@H]1C[C@@H]1C(=O)N1CCC(c2cc3cccnc3c(=O)[nH]2)CC1. The number of fused-ring (bicyclic) bond motifs is 1. The molecule has 1 aliphatic carbocycles. The number of nitrogens with zero attached hydrogens (tertiary/aromatic N) is 2. The van der Waals surface area contributed by atoms with E-state index in [1.54, 1.807) is 6.20 Å². The number of rotatable bonds is 2. The fraction of sp³-hybridized carbons (Fsp3) is 0.500. The van der Waals surface area contributed by atoms with Gasteiger partial charge in [0.1, 0.15) is 5.52 Å². The summed E-state index contributed by atoms with van der Waals surface area (Å²) in [6, 6.07) is 5.81. The molecule has 5 nitrogen and oxygen atoms in total. The monoisotopic (exact) mass is 311 g/mol. The van der Waals surface area contributed by atoms with Gasteiger partial charge in [-0.25, -0.2) is 0 Å². The number of carbonyl (C=O) groups is 1. The smallest absolute Gasteiger partial charge is 0.274 e. The number of pyridine rings is 2. The number of piperidine rings is 1. The van der Waals surface area contributed by atoms with E-state index in [0.717, 1.165) is 43.4 Å². The predicted octanol–water partition coefficient (Wildman–Crippen LogP) is 2.29. The molecule has 23 heavy (non-hydrogen) atoms. The van der Waals surface area contributed by atoms with E-state index < -0.39 is 0 Å². The van der Waals surface area contributed by atoms with E-state index in [1.807, 2.05) is 23.1 Å². The second kappa shape index (κ2) is 5.48.